The lowest BCUT2D eigenvalue weighted by molar-refractivity contribution is -0.341. The van der Waals surface area contributed by atoms with Crippen molar-refractivity contribution >= 4 is 13.9 Å². The van der Waals surface area contributed by atoms with Crippen molar-refractivity contribution in [2.75, 3.05) is 19.8 Å². The van der Waals surface area contributed by atoms with E-state index >= 15 is 0 Å². The Kier molecular flexibility index (Phi) is 7.45. The van der Waals surface area contributed by atoms with Gasteiger partial charge in [-0.2, -0.15) is 0 Å². The molecule has 0 unspecified atom stereocenters. The van der Waals surface area contributed by atoms with Gasteiger partial charge in [-0.25, -0.2) is 4.79 Å². The number of nitrogens with one attached hydrogen (secondary N) is 1. The number of carbonyl (C=O) groups excluding carboxylic acids is 1. The maximum Gasteiger partial charge on any atom is 0.407 e. The van der Waals surface area contributed by atoms with Crippen LogP contribution in [0.4, 0.5) is 4.79 Å². The van der Waals surface area contributed by atoms with Crippen molar-refractivity contribution in [3.05, 3.63) is 59.7 Å². The van der Waals surface area contributed by atoms with Gasteiger partial charge in [0.2, 0.25) is 0 Å². The van der Waals surface area contributed by atoms with E-state index in [4.69, 9.17) is 4.74 Å². The minimum atomic E-state index is -4.87. The van der Waals surface area contributed by atoms with Crippen LogP contribution in [0.1, 0.15) is 42.7 Å². The Labute approximate surface area is 170 Å². The van der Waals surface area contributed by atoms with Crippen LogP contribution in [0.25, 0.3) is 11.1 Å². The van der Waals surface area contributed by atoms with Gasteiger partial charge in [-0.15, -0.1) is 0 Å². The molecule has 0 aliphatic heterocycles. The fourth-order valence-electron chi connectivity index (χ4n) is 3.60. The molecule has 2 aromatic rings. The monoisotopic (exact) mass is 417 g/mol. The van der Waals surface area contributed by atoms with Crippen LogP contribution in [-0.2, 0) is 13.8 Å². The summed E-state index contributed by atoms with van der Waals surface area (Å²) < 4.78 is 19.9. The molecular weight excluding hydrogens is 393 g/mol. The minimum absolute atomic E-state index is 0.0335. The first kappa shape index (κ1) is 21.5. The van der Waals surface area contributed by atoms with Gasteiger partial charge in [0.15, 0.2) is 0 Å². The van der Waals surface area contributed by atoms with Gasteiger partial charge in [-0.05, 0) is 35.1 Å². The van der Waals surface area contributed by atoms with E-state index in [-0.39, 0.29) is 19.1 Å². The number of hydrogen-bond acceptors (Lipinski definition) is 6. The molecule has 2 aromatic carbocycles. The first-order valence-corrected chi connectivity index (χ1v) is 11.2. The molecule has 1 amide bonds. The van der Waals surface area contributed by atoms with E-state index in [1.54, 1.807) is 0 Å². The van der Waals surface area contributed by atoms with Crippen molar-refractivity contribution in [1.82, 2.24) is 5.32 Å². The summed E-state index contributed by atoms with van der Waals surface area (Å²) >= 11 is 0. The summed E-state index contributed by atoms with van der Waals surface area (Å²) in [7, 11) is -4.87. The predicted molar refractivity (Wildman–Crippen MR) is 105 cm³/mol. The molecule has 29 heavy (non-hydrogen) atoms. The number of hydrogen-bond donors (Lipinski definition) is 1. The molecule has 0 saturated heterocycles. The van der Waals surface area contributed by atoms with Crippen molar-refractivity contribution < 1.29 is 28.4 Å². The zero-order chi connectivity index (χ0) is 20.7. The molecular formula is C21H24NO6P-2. The third kappa shape index (κ3) is 6.15. The number of carbonyl (C=O) groups is 1. The summed E-state index contributed by atoms with van der Waals surface area (Å²) in [4.78, 5) is 32.7. The lowest BCUT2D eigenvalue weighted by Crippen LogP contribution is -2.27. The Morgan fingerprint density at radius 1 is 0.931 bits per heavy atom. The molecule has 3 rings (SSSR count). The van der Waals surface area contributed by atoms with Crippen LogP contribution in [0.15, 0.2) is 48.5 Å². The topological polar surface area (TPSA) is 111 Å². The molecule has 0 atom stereocenters. The highest BCUT2D eigenvalue weighted by Gasteiger charge is 2.28. The number of phosphoric ester groups is 1. The minimum Gasteiger partial charge on any atom is -0.790 e. The number of unbranched alkanes of at least 4 members (excludes halogenated alkanes) is 3. The summed E-state index contributed by atoms with van der Waals surface area (Å²) in [5.41, 5.74) is 4.71. The molecule has 0 bridgehead atoms. The average Bonchev–Trinajstić information content (AvgIpc) is 3.01. The van der Waals surface area contributed by atoms with Crippen LogP contribution in [0.5, 0.6) is 0 Å². The number of ether oxygens (including phenoxy) is 1. The molecule has 0 heterocycles. The fraction of sp³-hybridized carbons (Fsp3) is 0.381. The summed E-state index contributed by atoms with van der Waals surface area (Å²) in [5.74, 6) is 0.0335. The number of rotatable bonds is 10. The molecule has 1 aliphatic carbocycles. The van der Waals surface area contributed by atoms with Gasteiger partial charge in [0.25, 0.3) is 0 Å². The van der Waals surface area contributed by atoms with E-state index in [0.29, 0.717) is 19.4 Å². The maximum absolute atomic E-state index is 12.0. The van der Waals surface area contributed by atoms with Crippen LogP contribution in [-0.4, -0.2) is 25.9 Å². The fourth-order valence-corrected chi connectivity index (χ4v) is 3.95. The van der Waals surface area contributed by atoms with Gasteiger partial charge in [-0.1, -0.05) is 61.4 Å². The third-order valence-electron chi connectivity index (χ3n) is 4.93. The lowest BCUT2D eigenvalue weighted by atomic mass is 9.98. The van der Waals surface area contributed by atoms with E-state index in [1.807, 2.05) is 24.3 Å². The van der Waals surface area contributed by atoms with E-state index in [0.717, 1.165) is 12.8 Å². The molecule has 0 spiro atoms. The highest BCUT2D eigenvalue weighted by Crippen LogP contribution is 2.44. The number of phosphoric acid groups is 1. The van der Waals surface area contributed by atoms with Crippen molar-refractivity contribution in [2.24, 2.45) is 0 Å². The molecule has 0 fully saturated rings. The van der Waals surface area contributed by atoms with E-state index in [9.17, 15) is 19.1 Å². The Hall–Kier alpha value is -2.18. The van der Waals surface area contributed by atoms with Gasteiger partial charge in [0, 0.05) is 12.5 Å². The molecule has 8 heteroatoms. The van der Waals surface area contributed by atoms with Gasteiger partial charge in [0.1, 0.15) is 6.61 Å². The lowest BCUT2D eigenvalue weighted by Gasteiger charge is -2.28. The first-order chi connectivity index (χ1) is 14.0. The number of fused-ring (bicyclic) bond motifs is 3. The van der Waals surface area contributed by atoms with Crippen molar-refractivity contribution in [2.45, 2.75) is 31.6 Å². The quantitative estimate of drug-likeness (QED) is 0.470. The normalized spacial score (nSPS) is 13.0. The second-order valence-corrected chi connectivity index (χ2v) is 8.10. The van der Waals surface area contributed by atoms with Crippen LogP contribution >= 0.6 is 7.82 Å². The smallest absolute Gasteiger partial charge is 0.407 e. The Balaban J connectivity index is 1.37. The average molecular weight is 417 g/mol. The molecule has 0 radical (unpaired) electrons. The van der Waals surface area contributed by atoms with E-state index < -0.39 is 13.9 Å². The largest absolute Gasteiger partial charge is 0.790 e. The number of amides is 1. The van der Waals surface area contributed by atoms with Crippen molar-refractivity contribution in [3.63, 3.8) is 0 Å². The van der Waals surface area contributed by atoms with Gasteiger partial charge in [-0.3, -0.25) is 0 Å². The van der Waals surface area contributed by atoms with E-state index in [1.165, 1.54) is 22.3 Å². The molecule has 156 valence electrons. The molecule has 0 aromatic heterocycles. The predicted octanol–water partition coefficient (Wildman–Crippen LogP) is 2.93. The summed E-state index contributed by atoms with van der Waals surface area (Å²) in [6.45, 7) is 0.658. The molecule has 7 nitrogen and oxygen atoms in total. The Bertz CT molecular complexity index is 835. The van der Waals surface area contributed by atoms with Crippen LogP contribution < -0.4 is 15.1 Å². The van der Waals surface area contributed by atoms with E-state index in [2.05, 4.69) is 34.1 Å². The summed E-state index contributed by atoms with van der Waals surface area (Å²) in [6.07, 6.45) is 2.27. The van der Waals surface area contributed by atoms with Crippen LogP contribution in [0.2, 0.25) is 0 Å². The second kappa shape index (κ2) is 10.0. The third-order valence-corrected chi connectivity index (χ3v) is 5.43. The van der Waals surface area contributed by atoms with Crippen LogP contribution in [0, 0.1) is 0 Å². The van der Waals surface area contributed by atoms with Gasteiger partial charge < -0.3 is 28.9 Å². The summed E-state index contributed by atoms with van der Waals surface area (Å²) in [5, 5.41) is 2.73. The SMILES string of the molecule is O=C(NCCCCCCOP(=O)([O-])[O-])OCC1c2ccccc2-c2ccccc21. The highest BCUT2D eigenvalue weighted by molar-refractivity contribution is 7.43. The Morgan fingerprint density at radius 3 is 2.14 bits per heavy atom. The molecule has 0 saturated carbocycles. The second-order valence-electron chi connectivity index (χ2n) is 6.95. The van der Waals surface area contributed by atoms with Crippen molar-refractivity contribution in [1.29, 1.82) is 0 Å². The summed E-state index contributed by atoms with van der Waals surface area (Å²) in [6, 6.07) is 16.3. The standard InChI is InChI=1S/C21H26NO6P/c23-21(22-13-7-1-2-8-14-28-29(24,25)26)27-15-20-18-11-5-3-9-16(18)17-10-4-6-12-19(17)20/h3-6,9-12,20H,1-2,7-8,13-15H2,(H,22,23)(H2,24,25,26)/p-2. The van der Waals surface area contributed by atoms with Gasteiger partial charge in [0.05, 0.1) is 14.4 Å². The van der Waals surface area contributed by atoms with Gasteiger partial charge >= 0.3 is 6.09 Å². The highest BCUT2D eigenvalue weighted by atomic mass is 31.2. The zero-order valence-electron chi connectivity index (χ0n) is 16.0. The first-order valence-electron chi connectivity index (χ1n) is 9.71. The Morgan fingerprint density at radius 2 is 1.52 bits per heavy atom. The number of benzene rings is 2. The maximum atomic E-state index is 12.0. The van der Waals surface area contributed by atoms with Crippen LogP contribution in [0.3, 0.4) is 0 Å². The zero-order valence-corrected chi connectivity index (χ0v) is 16.9. The molecule has 1 N–H and O–H groups in total. The van der Waals surface area contributed by atoms with Crippen molar-refractivity contribution in [3.8, 4) is 11.1 Å². The molecule has 1 aliphatic rings. The number of alkyl carbamates (subject to hydrolysis) is 1.